The average Bonchev–Trinajstić information content (AvgIpc) is 2.42. The zero-order valence-electron chi connectivity index (χ0n) is 7.11. The Hall–Kier alpha value is -1.24. The van der Waals surface area contributed by atoms with Crippen LogP contribution in [0.3, 0.4) is 0 Å². The predicted molar refractivity (Wildman–Crippen MR) is 48.4 cm³/mol. The number of carbonyl (C=O) groups is 1. The molecule has 0 saturated carbocycles. The van der Waals surface area contributed by atoms with Crippen molar-refractivity contribution in [2.24, 2.45) is 5.73 Å². The number of primary amides is 1. The summed E-state index contributed by atoms with van der Waals surface area (Å²) in [7, 11) is 0. The van der Waals surface area contributed by atoms with E-state index in [9.17, 15) is 9.59 Å². The monoisotopic (exact) mass is 202 g/mol. The van der Waals surface area contributed by atoms with Gasteiger partial charge in [0.25, 0.3) is 0 Å². The molecule has 0 atom stereocenters. The van der Waals surface area contributed by atoms with Crippen molar-refractivity contribution in [3.8, 4) is 0 Å². The van der Waals surface area contributed by atoms with Crippen LogP contribution in [-0.4, -0.2) is 26.4 Å². The number of amides is 1. The van der Waals surface area contributed by atoms with Crippen LogP contribution in [0, 0.1) is 0 Å². The van der Waals surface area contributed by atoms with Gasteiger partial charge in [-0.25, -0.2) is 9.89 Å². The molecule has 0 aliphatic rings. The summed E-state index contributed by atoms with van der Waals surface area (Å²) < 4.78 is 1.44. The van der Waals surface area contributed by atoms with Crippen LogP contribution in [0.15, 0.2) is 9.95 Å². The number of rotatable bonds is 4. The van der Waals surface area contributed by atoms with E-state index in [0.29, 0.717) is 11.7 Å². The molecule has 0 aliphatic carbocycles. The zero-order valence-corrected chi connectivity index (χ0v) is 7.93. The van der Waals surface area contributed by atoms with Crippen molar-refractivity contribution < 1.29 is 4.79 Å². The molecule has 72 valence electrons. The minimum absolute atomic E-state index is 0.129. The third kappa shape index (κ3) is 2.35. The van der Waals surface area contributed by atoms with Gasteiger partial charge in [0.1, 0.15) is 0 Å². The topological polar surface area (TPSA) is 93.8 Å². The molecule has 1 rings (SSSR count). The lowest BCUT2D eigenvalue weighted by Crippen LogP contribution is -2.17. The van der Waals surface area contributed by atoms with E-state index in [1.165, 1.54) is 4.57 Å². The lowest BCUT2D eigenvalue weighted by atomic mass is 10.7. The number of H-pyrrole nitrogens is 1. The van der Waals surface area contributed by atoms with E-state index in [4.69, 9.17) is 5.73 Å². The van der Waals surface area contributed by atoms with E-state index in [1.807, 2.05) is 6.92 Å². The molecular weight excluding hydrogens is 192 g/mol. The molecule has 13 heavy (non-hydrogen) atoms. The van der Waals surface area contributed by atoms with Crippen LogP contribution in [0.25, 0.3) is 0 Å². The van der Waals surface area contributed by atoms with Crippen molar-refractivity contribution in [1.29, 1.82) is 0 Å². The SMILES string of the molecule is CCn1c(SCC(N)=O)n[nH]c1=O. The van der Waals surface area contributed by atoms with Crippen LogP contribution < -0.4 is 11.4 Å². The summed E-state index contributed by atoms with van der Waals surface area (Å²) in [6.45, 7) is 2.35. The van der Waals surface area contributed by atoms with Crippen LogP contribution in [0.1, 0.15) is 6.92 Å². The number of thioether (sulfide) groups is 1. The van der Waals surface area contributed by atoms with Crippen LogP contribution in [0.5, 0.6) is 0 Å². The number of carbonyl (C=O) groups excluding carboxylic acids is 1. The summed E-state index contributed by atoms with van der Waals surface area (Å²) in [5.41, 5.74) is 4.68. The van der Waals surface area contributed by atoms with Crippen LogP contribution in [0.2, 0.25) is 0 Å². The van der Waals surface area contributed by atoms with Gasteiger partial charge in [-0.3, -0.25) is 9.36 Å². The van der Waals surface area contributed by atoms with Gasteiger partial charge >= 0.3 is 5.69 Å². The Morgan fingerprint density at radius 3 is 3.00 bits per heavy atom. The number of nitrogens with one attached hydrogen (secondary N) is 1. The van der Waals surface area contributed by atoms with E-state index >= 15 is 0 Å². The highest BCUT2D eigenvalue weighted by Crippen LogP contribution is 2.11. The van der Waals surface area contributed by atoms with Crippen molar-refractivity contribution in [3.63, 3.8) is 0 Å². The predicted octanol–water partition coefficient (Wildman–Crippen LogP) is -0.831. The van der Waals surface area contributed by atoms with Gasteiger partial charge < -0.3 is 5.73 Å². The van der Waals surface area contributed by atoms with Gasteiger partial charge in [0.05, 0.1) is 5.75 Å². The average molecular weight is 202 g/mol. The summed E-state index contributed by atoms with van der Waals surface area (Å²) in [6, 6.07) is 0. The first-order chi connectivity index (χ1) is 6.15. The molecule has 0 aromatic carbocycles. The zero-order chi connectivity index (χ0) is 9.84. The summed E-state index contributed by atoms with van der Waals surface area (Å²) in [5.74, 6) is -0.298. The quantitative estimate of drug-likeness (QED) is 0.623. The van der Waals surface area contributed by atoms with E-state index < -0.39 is 5.91 Å². The second-order valence-corrected chi connectivity index (χ2v) is 3.25. The van der Waals surface area contributed by atoms with Gasteiger partial charge in [-0.05, 0) is 6.92 Å². The fraction of sp³-hybridized carbons (Fsp3) is 0.500. The Labute approximate surface area is 78.5 Å². The summed E-state index contributed by atoms with van der Waals surface area (Å²) in [4.78, 5) is 21.5. The van der Waals surface area contributed by atoms with Gasteiger partial charge in [0, 0.05) is 6.54 Å². The first-order valence-electron chi connectivity index (χ1n) is 3.71. The Balaban J connectivity index is 2.76. The Kier molecular flexibility index (Phi) is 3.13. The van der Waals surface area contributed by atoms with Crippen molar-refractivity contribution in [2.45, 2.75) is 18.6 Å². The third-order valence-corrected chi connectivity index (χ3v) is 2.38. The number of hydrogen-bond acceptors (Lipinski definition) is 4. The Morgan fingerprint density at radius 2 is 2.46 bits per heavy atom. The maximum absolute atomic E-state index is 11.0. The van der Waals surface area contributed by atoms with Gasteiger partial charge in [0.15, 0.2) is 5.16 Å². The largest absolute Gasteiger partial charge is 0.369 e. The summed E-state index contributed by atoms with van der Waals surface area (Å²) in [5, 5.41) is 6.53. The second kappa shape index (κ2) is 4.13. The first-order valence-corrected chi connectivity index (χ1v) is 4.70. The van der Waals surface area contributed by atoms with E-state index in [0.717, 1.165) is 11.8 Å². The van der Waals surface area contributed by atoms with Crippen LogP contribution >= 0.6 is 11.8 Å². The molecule has 0 unspecified atom stereocenters. The molecule has 3 N–H and O–H groups in total. The minimum atomic E-state index is -0.428. The molecule has 7 heteroatoms. The minimum Gasteiger partial charge on any atom is -0.369 e. The van der Waals surface area contributed by atoms with Crippen LogP contribution in [-0.2, 0) is 11.3 Å². The molecular formula is C6H10N4O2S. The van der Waals surface area contributed by atoms with Crippen molar-refractivity contribution in [2.75, 3.05) is 5.75 Å². The molecule has 0 aliphatic heterocycles. The second-order valence-electron chi connectivity index (χ2n) is 2.31. The highest BCUT2D eigenvalue weighted by Gasteiger charge is 2.07. The summed E-state index contributed by atoms with van der Waals surface area (Å²) >= 11 is 1.15. The Morgan fingerprint density at radius 1 is 1.77 bits per heavy atom. The summed E-state index contributed by atoms with van der Waals surface area (Å²) in [6.07, 6.45) is 0. The van der Waals surface area contributed by atoms with Crippen LogP contribution in [0.4, 0.5) is 0 Å². The van der Waals surface area contributed by atoms with Gasteiger partial charge in [0.2, 0.25) is 5.91 Å². The molecule has 6 nitrogen and oxygen atoms in total. The molecule has 1 amide bonds. The van der Waals surface area contributed by atoms with E-state index in [2.05, 4.69) is 10.2 Å². The molecule has 1 aromatic rings. The van der Waals surface area contributed by atoms with Gasteiger partial charge in [-0.15, -0.1) is 5.10 Å². The number of nitrogens with zero attached hydrogens (tertiary/aromatic N) is 2. The lowest BCUT2D eigenvalue weighted by Gasteiger charge is -1.98. The molecule has 0 radical (unpaired) electrons. The van der Waals surface area contributed by atoms with Crippen molar-refractivity contribution in [1.82, 2.24) is 14.8 Å². The molecule has 1 aromatic heterocycles. The number of nitrogens with two attached hydrogens (primary N) is 1. The molecule has 0 fully saturated rings. The molecule has 0 saturated heterocycles. The highest BCUT2D eigenvalue weighted by atomic mass is 32.2. The van der Waals surface area contributed by atoms with Gasteiger partial charge in [-0.1, -0.05) is 11.8 Å². The van der Waals surface area contributed by atoms with E-state index in [-0.39, 0.29) is 11.4 Å². The fourth-order valence-electron chi connectivity index (χ4n) is 0.828. The molecule has 0 spiro atoms. The van der Waals surface area contributed by atoms with E-state index in [1.54, 1.807) is 0 Å². The number of aromatic nitrogens is 3. The third-order valence-electron chi connectivity index (χ3n) is 1.38. The normalized spacial score (nSPS) is 10.2. The lowest BCUT2D eigenvalue weighted by molar-refractivity contribution is -0.115. The first kappa shape index (κ1) is 9.85. The Bertz CT molecular complexity index is 356. The number of aromatic amines is 1. The van der Waals surface area contributed by atoms with Crippen molar-refractivity contribution in [3.05, 3.63) is 10.5 Å². The highest BCUT2D eigenvalue weighted by molar-refractivity contribution is 7.99. The molecule has 1 heterocycles. The standard InChI is InChI=1S/C6H10N4O2S/c1-2-10-5(12)8-9-6(10)13-3-4(7)11/h2-3H2,1H3,(H2,7,11)(H,8,12). The maximum atomic E-state index is 11.0. The molecule has 0 bridgehead atoms. The maximum Gasteiger partial charge on any atom is 0.343 e. The fourth-order valence-corrected chi connectivity index (χ4v) is 1.58. The number of hydrogen-bond donors (Lipinski definition) is 2. The van der Waals surface area contributed by atoms with Gasteiger partial charge in [-0.2, -0.15) is 0 Å². The smallest absolute Gasteiger partial charge is 0.343 e. The van der Waals surface area contributed by atoms with Crippen molar-refractivity contribution >= 4 is 17.7 Å².